The van der Waals surface area contributed by atoms with Crippen LogP contribution in [0.2, 0.25) is 0 Å². The van der Waals surface area contributed by atoms with Crippen molar-refractivity contribution in [3.8, 4) is 11.5 Å². The average molecular weight is 164 g/mol. The lowest BCUT2D eigenvalue weighted by Crippen LogP contribution is -2.05. The van der Waals surface area contributed by atoms with E-state index in [2.05, 4.69) is 0 Å². The second kappa shape index (κ2) is 2.70. The molecule has 0 atom stereocenters. The molecule has 1 aliphatic rings. The van der Waals surface area contributed by atoms with Crippen LogP contribution in [0.1, 0.15) is 19.4 Å². The second-order valence-electron chi connectivity index (χ2n) is 3.27. The van der Waals surface area contributed by atoms with E-state index in [4.69, 9.17) is 9.47 Å². The Labute approximate surface area is 72.1 Å². The molecule has 1 heterocycles. The molecule has 64 valence electrons. The minimum Gasteiger partial charge on any atom is -0.491 e. The van der Waals surface area contributed by atoms with Gasteiger partial charge in [-0.25, -0.2) is 0 Å². The Bertz CT molecular complexity index is 270. The molecule has 1 aromatic rings. The zero-order chi connectivity index (χ0) is 8.55. The maximum atomic E-state index is 5.54. The standard InChI is InChI=1S/C10H12O2/c1-7(2)12-10-4-8-3-9(5-10)11-6-8/h3-5,7H,6H2,1-2H3. The SMILES string of the molecule is CC(C)Oc1cc2cc(c1)OC2. The molecule has 0 fully saturated rings. The summed E-state index contributed by atoms with van der Waals surface area (Å²) in [5.74, 6) is 1.83. The molecule has 0 amide bonds. The van der Waals surface area contributed by atoms with Crippen molar-refractivity contribution < 1.29 is 9.47 Å². The van der Waals surface area contributed by atoms with E-state index in [-0.39, 0.29) is 6.10 Å². The van der Waals surface area contributed by atoms with Crippen LogP contribution in [0.5, 0.6) is 11.5 Å². The van der Waals surface area contributed by atoms with E-state index in [1.54, 1.807) is 0 Å². The van der Waals surface area contributed by atoms with Crippen molar-refractivity contribution >= 4 is 0 Å². The van der Waals surface area contributed by atoms with Gasteiger partial charge in [-0.05, 0) is 31.5 Å². The Balaban J connectivity index is 2.23. The van der Waals surface area contributed by atoms with Crippen molar-refractivity contribution in [2.45, 2.75) is 26.6 Å². The van der Waals surface area contributed by atoms with Crippen LogP contribution in [0.3, 0.4) is 0 Å². The van der Waals surface area contributed by atoms with Crippen molar-refractivity contribution in [3.63, 3.8) is 0 Å². The summed E-state index contributed by atoms with van der Waals surface area (Å²) in [6.07, 6.45) is 0.228. The molecule has 0 radical (unpaired) electrons. The minimum absolute atomic E-state index is 0.228. The van der Waals surface area contributed by atoms with Gasteiger partial charge in [-0.2, -0.15) is 0 Å². The fraction of sp³-hybridized carbons (Fsp3) is 0.400. The predicted molar refractivity (Wildman–Crippen MR) is 46.5 cm³/mol. The Kier molecular flexibility index (Phi) is 1.68. The highest BCUT2D eigenvalue weighted by Gasteiger charge is 2.10. The summed E-state index contributed by atoms with van der Waals surface area (Å²) in [5.41, 5.74) is 1.20. The maximum absolute atomic E-state index is 5.54. The molecular formula is C10H12O2. The van der Waals surface area contributed by atoms with Crippen molar-refractivity contribution in [2.24, 2.45) is 0 Å². The summed E-state index contributed by atoms with van der Waals surface area (Å²) in [6.45, 7) is 4.73. The molecule has 0 saturated carbocycles. The monoisotopic (exact) mass is 164 g/mol. The first-order valence-electron chi connectivity index (χ1n) is 4.17. The van der Waals surface area contributed by atoms with Crippen LogP contribution >= 0.6 is 0 Å². The molecule has 0 saturated heterocycles. The van der Waals surface area contributed by atoms with Crippen LogP contribution < -0.4 is 9.47 Å². The van der Waals surface area contributed by atoms with Gasteiger partial charge in [0.25, 0.3) is 0 Å². The van der Waals surface area contributed by atoms with Crippen LogP contribution in [0, 0.1) is 0 Å². The molecule has 2 rings (SSSR count). The lowest BCUT2D eigenvalue weighted by atomic mass is 10.2. The first kappa shape index (κ1) is 7.47. The molecule has 1 aromatic carbocycles. The van der Waals surface area contributed by atoms with Gasteiger partial charge in [0.2, 0.25) is 0 Å². The van der Waals surface area contributed by atoms with Crippen molar-refractivity contribution in [1.29, 1.82) is 0 Å². The third kappa shape index (κ3) is 1.37. The molecule has 0 unspecified atom stereocenters. The molecule has 2 nitrogen and oxygen atoms in total. The molecule has 2 heteroatoms. The van der Waals surface area contributed by atoms with Gasteiger partial charge in [0.15, 0.2) is 0 Å². The molecule has 0 N–H and O–H groups in total. The first-order chi connectivity index (χ1) is 5.74. The molecule has 2 bridgehead atoms. The van der Waals surface area contributed by atoms with Gasteiger partial charge in [-0.15, -0.1) is 0 Å². The maximum Gasteiger partial charge on any atom is 0.123 e. The van der Waals surface area contributed by atoms with Crippen LogP contribution in [0.4, 0.5) is 0 Å². The van der Waals surface area contributed by atoms with Gasteiger partial charge in [-0.1, -0.05) is 0 Å². The summed E-state index contributed by atoms with van der Waals surface area (Å²) in [4.78, 5) is 0. The van der Waals surface area contributed by atoms with Gasteiger partial charge in [0.1, 0.15) is 18.1 Å². The molecule has 0 aliphatic carbocycles. The first-order valence-corrected chi connectivity index (χ1v) is 4.17. The Morgan fingerprint density at radius 1 is 1.33 bits per heavy atom. The molecular weight excluding hydrogens is 152 g/mol. The van der Waals surface area contributed by atoms with Gasteiger partial charge in [-0.3, -0.25) is 0 Å². The van der Waals surface area contributed by atoms with Crippen LogP contribution in [-0.4, -0.2) is 6.10 Å². The smallest absolute Gasteiger partial charge is 0.123 e. The number of fused-ring (bicyclic) bond motifs is 2. The number of ether oxygens (including phenoxy) is 2. The van der Waals surface area contributed by atoms with E-state index in [1.807, 2.05) is 32.0 Å². The van der Waals surface area contributed by atoms with Crippen LogP contribution in [0.25, 0.3) is 0 Å². The summed E-state index contributed by atoms with van der Waals surface area (Å²) < 4.78 is 10.9. The fourth-order valence-corrected chi connectivity index (χ4v) is 1.30. The van der Waals surface area contributed by atoms with Gasteiger partial charge < -0.3 is 9.47 Å². The number of hydrogen-bond donors (Lipinski definition) is 0. The Hall–Kier alpha value is -1.18. The molecule has 1 aliphatic heterocycles. The van der Waals surface area contributed by atoms with Crippen molar-refractivity contribution in [2.75, 3.05) is 0 Å². The fourth-order valence-electron chi connectivity index (χ4n) is 1.30. The number of hydrogen-bond acceptors (Lipinski definition) is 2. The normalized spacial score (nSPS) is 13.2. The molecule has 12 heavy (non-hydrogen) atoms. The lowest BCUT2D eigenvalue weighted by Gasteiger charge is -2.08. The zero-order valence-corrected chi connectivity index (χ0v) is 7.33. The summed E-state index contributed by atoms with van der Waals surface area (Å²) in [6, 6.07) is 5.99. The van der Waals surface area contributed by atoms with Crippen LogP contribution in [0.15, 0.2) is 18.2 Å². The summed E-state index contributed by atoms with van der Waals surface area (Å²) >= 11 is 0. The van der Waals surface area contributed by atoms with E-state index in [0.29, 0.717) is 6.61 Å². The van der Waals surface area contributed by atoms with E-state index in [0.717, 1.165) is 11.5 Å². The van der Waals surface area contributed by atoms with E-state index in [9.17, 15) is 0 Å². The summed E-state index contributed by atoms with van der Waals surface area (Å²) in [7, 11) is 0. The van der Waals surface area contributed by atoms with E-state index in [1.165, 1.54) is 5.56 Å². The van der Waals surface area contributed by atoms with Gasteiger partial charge in [0.05, 0.1) is 6.10 Å². The predicted octanol–water partition coefficient (Wildman–Crippen LogP) is 2.37. The summed E-state index contributed by atoms with van der Waals surface area (Å²) in [5, 5.41) is 0. The van der Waals surface area contributed by atoms with Crippen LogP contribution in [-0.2, 0) is 6.61 Å². The van der Waals surface area contributed by atoms with Gasteiger partial charge >= 0.3 is 0 Å². The quantitative estimate of drug-likeness (QED) is 0.668. The van der Waals surface area contributed by atoms with E-state index >= 15 is 0 Å². The largest absolute Gasteiger partial charge is 0.491 e. The third-order valence-electron chi connectivity index (χ3n) is 1.72. The zero-order valence-electron chi connectivity index (χ0n) is 7.33. The minimum atomic E-state index is 0.228. The second-order valence-corrected chi connectivity index (χ2v) is 3.27. The number of benzene rings is 1. The van der Waals surface area contributed by atoms with E-state index < -0.39 is 0 Å². The highest BCUT2D eigenvalue weighted by atomic mass is 16.5. The Morgan fingerprint density at radius 3 is 2.83 bits per heavy atom. The van der Waals surface area contributed by atoms with Gasteiger partial charge in [0, 0.05) is 6.07 Å². The highest BCUT2D eigenvalue weighted by molar-refractivity contribution is 5.41. The van der Waals surface area contributed by atoms with Crippen molar-refractivity contribution in [1.82, 2.24) is 0 Å². The topological polar surface area (TPSA) is 18.5 Å². The lowest BCUT2D eigenvalue weighted by molar-refractivity contribution is 0.242. The average Bonchev–Trinajstić information content (AvgIpc) is 2.29. The third-order valence-corrected chi connectivity index (χ3v) is 1.72. The molecule has 0 spiro atoms. The molecule has 0 aromatic heterocycles. The number of rotatable bonds is 2. The van der Waals surface area contributed by atoms with Crippen molar-refractivity contribution in [3.05, 3.63) is 23.8 Å². The Morgan fingerprint density at radius 2 is 2.17 bits per heavy atom. The highest BCUT2D eigenvalue weighted by Crippen LogP contribution is 2.29.